The fraction of sp³-hybridized carbons (Fsp3) is 0.222. The molecule has 2 aromatic carbocycles. The number of rotatable bonds is 6. The smallest absolute Gasteiger partial charge is 0.233 e. The molecule has 26 heavy (non-hydrogen) atoms. The number of amides is 1. The molecule has 0 unspecified atom stereocenters. The van der Waals surface area contributed by atoms with E-state index in [1.54, 1.807) is 10.7 Å². The number of hydrogen-bond acceptors (Lipinski definition) is 5. The third kappa shape index (κ3) is 4.23. The van der Waals surface area contributed by atoms with Crippen LogP contribution >= 0.6 is 23.4 Å². The minimum absolute atomic E-state index is 0.103. The lowest BCUT2D eigenvalue weighted by Gasteiger charge is -2.13. The summed E-state index contributed by atoms with van der Waals surface area (Å²) in [5, 5.41) is 15.6. The van der Waals surface area contributed by atoms with E-state index >= 15 is 0 Å². The number of tetrazole rings is 1. The Labute approximate surface area is 160 Å². The van der Waals surface area contributed by atoms with E-state index in [9.17, 15) is 4.79 Å². The van der Waals surface area contributed by atoms with Crippen LogP contribution < -0.4 is 5.32 Å². The van der Waals surface area contributed by atoms with Crippen molar-refractivity contribution in [3.05, 3.63) is 64.7 Å². The van der Waals surface area contributed by atoms with Crippen LogP contribution in [-0.4, -0.2) is 31.4 Å². The zero-order valence-electron chi connectivity index (χ0n) is 14.4. The fourth-order valence-corrected chi connectivity index (χ4v) is 3.41. The Balaban J connectivity index is 1.66. The highest BCUT2D eigenvalue weighted by Crippen LogP contribution is 2.24. The number of para-hydroxylation sites is 1. The van der Waals surface area contributed by atoms with E-state index in [0.717, 1.165) is 16.8 Å². The molecule has 3 aromatic rings. The van der Waals surface area contributed by atoms with E-state index in [0.29, 0.717) is 16.7 Å². The van der Waals surface area contributed by atoms with Gasteiger partial charge in [-0.05, 0) is 47.5 Å². The predicted octanol–water partition coefficient (Wildman–Crippen LogP) is 3.42. The zero-order valence-corrected chi connectivity index (χ0v) is 16.0. The van der Waals surface area contributed by atoms with Gasteiger partial charge in [0.05, 0.1) is 10.9 Å². The first-order valence-corrected chi connectivity index (χ1v) is 9.34. The Hall–Kier alpha value is -2.38. The molecule has 0 saturated carbocycles. The minimum Gasteiger partial charge on any atom is -0.351 e. The number of halogens is 1. The van der Waals surface area contributed by atoms with Crippen LogP contribution in [0.4, 0.5) is 0 Å². The normalized spacial score (nSPS) is 12.0. The first-order valence-electron chi connectivity index (χ1n) is 8.08. The molecule has 0 fully saturated rings. The second kappa shape index (κ2) is 8.33. The van der Waals surface area contributed by atoms with Crippen molar-refractivity contribution in [2.45, 2.75) is 30.8 Å². The first kappa shape index (κ1) is 18.4. The van der Waals surface area contributed by atoms with Gasteiger partial charge in [0, 0.05) is 11.6 Å². The largest absolute Gasteiger partial charge is 0.351 e. The molecule has 1 amide bonds. The standard InChI is InChI=1S/C18H18ClN5OS/c1-12-7-3-6-10-16(12)24-18(21-22-23-24)26-13(2)17(25)20-11-14-8-4-5-9-15(14)19/h3-10,13H,11H2,1-2H3,(H,20,25)/t13-/m1/s1. The molecule has 0 aliphatic heterocycles. The minimum atomic E-state index is -0.355. The molecule has 0 aliphatic rings. The molecular formula is C18H18ClN5OS. The molecule has 3 rings (SSSR count). The van der Waals surface area contributed by atoms with E-state index in [1.807, 2.05) is 56.3 Å². The van der Waals surface area contributed by atoms with Crippen molar-refractivity contribution in [1.29, 1.82) is 0 Å². The summed E-state index contributed by atoms with van der Waals surface area (Å²) in [7, 11) is 0. The monoisotopic (exact) mass is 387 g/mol. The number of thioether (sulfide) groups is 1. The van der Waals surface area contributed by atoms with Gasteiger partial charge in [-0.3, -0.25) is 4.79 Å². The zero-order chi connectivity index (χ0) is 18.5. The van der Waals surface area contributed by atoms with Gasteiger partial charge in [0.25, 0.3) is 0 Å². The highest BCUT2D eigenvalue weighted by molar-refractivity contribution is 8.00. The van der Waals surface area contributed by atoms with Gasteiger partial charge < -0.3 is 5.32 Å². The van der Waals surface area contributed by atoms with E-state index < -0.39 is 0 Å². The van der Waals surface area contributed by atoms with Crippen molar-refractivity contribution in [3.8, 4) is 5.69 Å². The molecule has 1 aromatic heterocycles. The molecule has 1 atom stereocenters. The van der Waals surface area contributed by atoms with Gasteiger partial charge in [0.15, 0.2) is 0 Å². The van der Waals surface area contributed by atoms with E-state index in [4.69, 9.17) is 11.6 Å². The lowest BCUT2D eigenvalue weighted by molar-refractivity contribution is -0.120. The average molecular weight is 388 g/mol. The Morgan fingerprint density at radius 2 is 1.96 bits per heavy atom. The SMILES string of the molecule is Cc1ccccc1-n1nnnc1S[C@H](C)C(=O)NCc1ccccc1Cl. The maximum atomic E-state index is 12.4. The summed E-state index contributed by atoms with van der Waals surface area (Å²) in [5.41, 5.74) is 2.82. The third-order valence-electron chi connectivity index (χ3n) is 3.85. The van der Waals surface area contributed by atoms with Crippen molar-refractivity contribution < 1.29 is 4.79 Å². The summed E-state index contributed by atoms with van der Waals surface area (Å²) in [6, 6.07) is 15.3. The van der Waals surface area contributed by atoms with Gasteiger partial charge in [-0.2, -0.15) is 4.68 Å². The summed E-state index contributed by atoms with van der Waals surface area (Å²) < 4.78 is 1.65. The van der Waals surface area contributed by atoms with Crippen molar-refractivity contribution in [3.63, 3.8) is 0 Å². The molecule has 0 radical (unpaired) electrons. The van der Waals surface area contributed by atoms with Gasteiger partial charge in [-0.1, -0.05) is 59.8 Å². The van der Waals surface area contributed by atoms with Gasteiger partial charge >= 0.3 is 0 Å². The maximum Gasteiger partial charge on any atom is 0.233 e. The van der Waals surface area contributed by atoms with Crippen LogP contribution in [0.25, 0.3) is 5.69 Å². The molecule has 6 nitrogen and oxygen atoms in total. The van der Waals surface area contributed by atoms with Gasteiger partial charge in [-0.25, -0.2) is 0 Å². The molecule has 0 spiro atoms. The van der Waals surface area contributed by atoms with Crippen LogP contribution in [0.15, 0.2) is 53.7 Å². The van der Waals surface area contributed by atoms with Crippen LogP contribution in [0.5, 0.6) is 0 Å². The van der Waals surface area contributed by atoms with Crippen molar-refractivity contribution >= 4 is 29.3 Å². The molecule has 0 bridgehead atoms. The van der Waals surface area contributed by atoms with Crippen LogP contribution in [0.3, 0.4) is 0 Å². The van der Waals surface area contributed by atoms with E-state index in [1.165, 1.54) is 11.8 Å². The predicted molar refractivity (Wildman–Crippen MR) is 103 cm³/mol. The number of carbonyl (C=O) groups excluding carboxylic acids is 1. The molecule has 1 N–H and O–H groups in total. The number of carbonyl (C=O) groups is 1. The van der Waals surface area contributed by atoms with Crippen LogP contribution in [0, 0.1) is 6.92 Å². The lowest BCUT2D eigenvalue weighted by Crippen LogP contribution is -2.30. The topological polar surface area (TPSA) is 72.7 Å². The summed E-state index contributed by atoms with van der Waals surface area (Å²) in [6.07, 6.45) is 0. The highest BCUT2D eigenvalue weighted by Gasteiger charge is 2.19. The molecule has 8 heteroatoms. The van der Waals surface area contributed by atoms with Crippen LogP contribution in [0.1, 0.15) is 18.1 Å². The van der Waals surface area contributed by atoms with Gasteiger partial charge in [0.1, 0.15) is 0 Å². The summed E-state index contributed by atoms with van der Waals surface area (Å²) >= 11 is 7.43. The Kier molecular flexibility index (Phi) is 5.90. The number of benzene rings is 2. The quantitative estimate of drug-likeness (QED) is 0.656. The summed E-state index contributed by atoms with van der Waals surface area (Å²) in [6.45, 7) is 4.20. The third-order valence-corrected chi connectivity index (χ3v) is 5.25. The van der Waals surface area contributed by atoms with Gasteiger partial charge in [-0.15, -0.1) is 5.10 Å². The molecular weight excluding hydrogens is 370 g/mol. The maximum absolute atomic E-state index is 12.4. The summed E-state index contributed by atoms with van der Waals surface area (Å²) in [5.74, 6) is -0.103. The Morgan fingerprint density at radius 3 is 2.73 bits per heavy atom. The van der Waals surface area contributed by atoms with Crippen LogP contribution in [-0.2, 0) is 11.3 Å². The highest BCUT2D eigenvalue weighted by atomic mass is 35.5. The number of nitrogens with one attached hydrogen (secondary N) is 1. The van der Waals surface area contributed by atoms with Crippen molar-refractivity contribution in [2.24, 2.45) is 0 Å². The number of hydrogen-bond donors (Lipinski definition) is 1. The van der Waals surface area contributed by atoms with Crippen molar-refractivity contribution in [1.82, 2.24) is 25.5 Å². The second-order valence-electron chi connectivity index (χ2n) is 5.73. The summed E-state index contributed by atoms with van der Waals surface area (Å²) in [4.78, 5) is 12.4. The van der Waals surface area contributed by atoms with Gasteiger partial charge in [0.2, 0.25) is 11.1 Å². The molecule has 134 valence electrons. The van der Waals surface area contributed by atoms with E-state index in [-0.39, 0.29) is 11.2 Å². The average Bonchev–Trinajstić information content (AvgIpc) is 3.09. The van der Waals surface area contributed by atoms with E-state index in [2.05, 4.69) is 20.8 Å². The fourth-order valence-electron chi connectivity index (χ4n) is 2.38. The Bertz CT molecular complexity index is 914. The molecule has 1 heterocycles. The second-order valence-corrected chi connectivity index (χ2v) is 7.44. The lowest BCUT2D eigenvalue weighted by atomic mass is 10.2. The molecule has 0 saturated heterocycles. The number of aryl methyl sites for hydroxylation is 1. The van der Waals surface area contributed by atoms with Crippen molar-refractivity contribution in [2.75, 3.05) is 0 Å². The van der Waals surface area contributed by atoms with Crippen LogP contribution in [0.2, 0.25) is 5.02 Å². The first-order chi connectivity index (χ1) is 12.6. The number of nitrogens with zero attached hydrogens (tertiary/aromatic N) is 4. The Morgan fingerprint density at radius 1 is 1.23 bits per heavy atom. The molecule has 0 aliphatic carbocycles. The number of aromatic nitrogens is 4.